The van der Waals surface area contributed by atoms with E-state index >= 15 is 0 Å². The third-order valence-electron chi connectivity index (χ3n) is 3.14. The van der Waals surface area contributed by atoms with Gasteiger partial charge in [-0.3, -0.25) is 4.68 Å². The van der Waals surface area contributed by atoms with Crippen LogP contribution >= 0.6 is 15.9 Å². The van der Waals surface area contributed by atoms with Gasteiger partial charge >= 0.3 is 0 Å². The zero-order chi connectivity index (χ0) is 12.9. The predicted molar refractivity (Wildman–Crippen MR) is 77.2 cm³/mol. The van der Waals surface area contributed by atoms with Crippen molar-refractivity contribution in [3.8, 4) is 11.3 Å². The van der Waals surface area contributed by atoms with Crippen LogP contribution < -0.4 is 5.73 Å². The molecule has 0 spiro atoms. The molecule has 3 aromatic rings. The molecule has 0 aliphatic heterocycles. The molecule has 0 bridgehead atoms. The predicted octanol–water partition coefficient (Wildman–Crippen LogP) is 2.92. The van der Waals surface area contributed by atoms with Gasteiger partial charge in [-0.2, -0.15) is 5.10 Å². The van der Waals surface area contributed by atoms with Crippen LogP contribution in [-0.4, -0.2) is 14.3 Å². The van der Waals surface area contributed by atoms with E-state index in [0.717, 1.165) is 21.2 Å². The van der Waals surface area contributed by atoms with E-state index in [0.29, 0.717) is 5.82 Å². The first-order chi connectivity index (χ1) is 8.58. The Morgan fingerprint density at radius 3 is 2.72 bits per heavy atom. The number of nitrogens with two attached hydrogens (primary N) is 1. The lowest BCUT2D eigenvalue weighted by molar-refractivity contribution is 0.782. The molecule has 0 radical (unpaired) electrons. The normalized spacial score (nSPS) is 11.3. The number of aryl methyl sites for hydroxylation is 2. The summed E-state index contributed by atoms with van der Waals surface area (Å²) in [5, 5.41) is 5.62. The molecule has 1 aromatic carbocycles. The zero-order valence-corrected chi connectivity index (χ0v) is 11.8. The molecule has 0 aliphatic carbocycles. The van der Waals surface area contributed by atoms with Gasteiger partial charge < -0.3 is 10.3 Å². The summed E-state index contributed by atoms with van der Waals surface area (Å²) in [5.41, 5.74) is 8.99. The van der Waals surface area contributed by atoms with Gasteiger partial charge in [-0.05, 0) is 15.9 Å². The highest BCUT2D eigenvalue weighted by atomic mass is 79.9. The minimum atomic E-state index is 0.662. The van der Waals surface area contributed by atoms with Crippen molar-refractivity contribution in [1.82, 2.24) is 14.3 Å². The maximum atomic E-state index is 5.85. The van der Waals surface area contributed by atoms with E-state index in [4.69, 9.17) is 5.73 Å². The smallest absolute Gasteiger partial charge is 0.121 e. The molecule has 0 atom stereocenters. The standard InChI is InChI=1S/C13H13BrN4/c1-17-7-10(14)8-4-3-5-9(13(8)17)11-6-12(15)18(2)16-11/h3-7H,15H2,1-2H3. The zero-order valence-electron chi connectivity index (χ0n) is 10.2. The average molecular weight is 305 g/mol. The first kappa shape index (κ1) is 11.3. The second-order valence-electron chi connectivity index (χ2n) is 4.37. The molecule has 18 heavy (non-hydrogen) atoms. The third kappa shape index (κ3) is 1.54. The first-order valence-corrected chi connectivity index (χ1v) is 6.40. The number of nitrogen functional groups attached to an aromatic ring is 1. The van der Waals surface area contributed by atoms with Gasteiger partial charge in [0.05, 0.1) is 11.2 Å². The number of halogens is 1. The molecular weight excluding hydrogens is 292 g/mol. The quantitative estimate of drug-likeness (QED) is 0.751. The van der Waals surface area contributed by atoms with Gasteiger partial charge in [0.1, 0.15) is 5.82 Å². The van der Waals surface area contributed by atoms with E-state index in [-0.39, 0.29) is 0 Å². The lowest BCUT2D eigenvalue weighted by Crippen LogP contribution is -1.96. The molecule has 0 saturated heterocycles. The number of fused-ring (bicyclic) bond motifs is 1. The first-order valence-electron chi connectivity index (χ1n) is 5.61. The van der Waals surface area contributed by atoms with E-state index in [1.807, 2.05) is 26.2 Å². The van der Waals surface area contributed by atoms with Crippen molar-refractivity contribution in [2.45, 2.75) is 0 Å². The molecule has 2 aromatic heterocycles. The molecule has 0 unspecified atom stereocenters. The minimum Gasteiger partial charge on any atom is -0.384 e. The van der Waals surface area contributed by atoms with E-state index in [2.05, 4.69) is 43.9 Å². The van der Waals surface area contributed by atoms with Gasteiger partial charge in [-0.1, -0.05) is 18.2 Å². The molecular formula is C13H13BrN4. The Labute approximate surface area is 113 Å². The highest BCUT2D eigenvalue weighted by molar-refractivity contribution is 9.10. The number of para-hydroxylation sites is 1. The summed E-state index contributed by atoms with van der Waals surface area (Å²) in [6, 6.07) is 8.09. The molecule has 92 valence electrons. The molecule has 2 N–H and O–H groups in total. The van der Waals surface area contributed by atoms with Crippen LogP contribution in [-0.2, 0) is 14.1 Å². The number of rotatable bonds is 1. The third-order valence-corrected chi connectivity index (χ3v) is 3.78. The fourth-order valence-corrected chi connectivity index (χ4v) is 2.87. The van der Waals surface area contributed by atoms with Gasteiger partial charge in [0.15, 0.2) is 0 Å². The summed E-state index contributed by atoms with van der Waals surface area (Å²) >= 11 is 3.57. The number of anilines is 1. The van der Waals surface area contributed by atoms with Crippen LogP contribution in [0.15, 0.2) is 34.9 Å². The molecule has 4 nitrogen and oxygen atoms in total. The van der Waals surface area contributed by atoms with Crippen LogP contribution in [0.2, 0.25) is 0 Å². The van der Waals surface area contributed by atoms with Crippen LogP contribution in [0.5, 0.6) is 0 Å². The van der Waals surface area contributed by atoms with E-state index in [1.165, 1.54) is 5.39 Å². The van der Waals surface area contributed by atoms with Crippen LogP contribution in [0.3, 0.4) is 0 Å². The van der Waals surface area contributed by atoms with E-state index in [9.17, 15) is 0 Å². The van der Waals surface area contributed by atoms with Gasteiger partial charge in [0.2, 0.25) is 0 Å². The second kappa shape index (κ2) is 3.88. The summed E-state index contributed by atoms with van der Waals surface area (Å²) in [5.74, 6) is 0.662. The Kier molecular flexibility index (Phi) is 2.45. The van der Waals surface area contributed by atoms with Crippen molar-refractivity contribution in [2.75, 3.05) is 5.73 Å². The highest BCUT2D eigenvalue weighted by Crippen LogP contribution is 2.33. The molecule has 0 fully saturated rings. The largest absolute Gasteiger partial charge is 0.384 e. The molecule has 5 heteroatoms. The topological polar surface area (TPSA) is 48.8 Å². The van der Waals surface area contributed by atoms with Gasteiger partial charge in [0, 0.05) is 41.8 Å². The Morgan fingerprint density at radius 2 is 2.06 bits per heavy atom. The summed E-state index contributed by atoms with van der Waals surface area (Å²) in [6.45, 7) is 0. The van der Waals surface area contributed by atoms with Gasteiger partial charge in [-0.15, -0.1) is 0 Å². The van der Waals surface area contributed by atoms with Gasteiger partial charge in [-0.25, -0.2) is 0 Å². The summed E-state index contributed by atoms with van der Waals surface area (Å²) in [4.78, 5) is 0. The maximum Gasteiger partial charge on any atom is 0.121 e. The number of benzene rings is 1. The van der Waals surface area contributed by atoms with E-state index < -0.39 is 0 Å². The molecule has 0 amide bonds. The van der Waals surface area contributed by atoms with E-state index in [1.54, 1.807) is 4.68 Å². The van der Waals surface area contributed by atoms with Crippen molar-refractivity contribution >= 4 is 32.7 Å². The number of nitrogens with zero attached hydrogens (tertiary/aromatic N) is 3. The summed E-state index contributed by atoms with van der Waals surface area (Å²) in [6.07, 6.45) is 2.06. The second-order valence-corrected chi connectivity index (χ2v) is 5.22. The fourth-order valence-electron chi connectivity index (χ4n) is 2.24. The summed E-state index contributed by atoms with van der Waals surface area (Å²) in [7, 11) is 3.88. The lowest BCUT2D eigenvalue weighted by Gasteiger charge is -2.03. The van der Waals surface area contributed by atoms with Crippen molar-refractivity contribution in [3.63, 3.8) is 0 Å². The monoisotopic (exact) mass is 304 g/mol. The molecule has 3 rings (SSSR count). The van der Waals surface area contributed by atoms with Crippen LogP contribution in [0, 0.1) is 0 Å². The van der Waals surface area contributed by atoms with Crippen LogP contribution in [0.25, 0.3) is 22.2 Å². The summed E-state index contributed by atoms with van der Waals surface area (Å²) < 4.78 is 4.87. The van der Waals surface area contributed by atoms with Crippen molar-refractivity contribution in [1.29, 1.82) is 0 Å². The number of hydrogen-bond acceptors (Lipinski definition) is 2. The minimum absolute atomic E-state index is 0.662. The Bertz CT molecular complexity index is 719. The fraction of sp³-hybridized carbons (Fsp3) is 0.154. The highest BCUT2D eigenvalue weighted by Gasteiger charge is 2.13. The van der Waals surface area contributed by atoms with Gasteiger partial charge in [0.25, 0.3) is 0 Å². The van der Waals surface area contributed by atoms with Crippen LogP contribution in [0.4, 0.5) is 5.82 Å². The average Bonchev–Trinajstić information content (AvgIpc) is 2.82. The number of hydrogen-bond donors (Lipinski definition) is 1. The van der Waals surface area contributed by atoms with Crippen LogP contribution in [0.1, 0.15) is 0 Å². The lowest BCUT2D eigenvalue weighted by atomic mass is 10.1. The van der Waals surface area contributed by atoms with Crippen molar-refractivity contribution < 1.29 is 0 Å². The Morgan fingerprint density at radius 1 is 1.28 bits per heavy atom. The Balaban J connectivity index is 2.35. The molecule has 0 aliphatic rings. The SMILES string of the molecule is Cn1nc(-c2cccc3c(Br)cn(C)c23)cc1N. The Hall–Kier alpha value is -1.75. The molecule has 2 heterocycles. The number of aromatic nitrogens is 3. The van der Waals surface area contributed by atoms with Crippen molar-refractivity contribution in [3.05, 3.63) is 34.9 Å². The molecule has 0 saturated carbocycles. The van der Waals surface area contributed by atoms with Crippen molar-refractivity contribution in [2.24, 2.45) is 14.1 Å². The maximum absolute atomic E-state index is 5.85.